The van der Waals surface area contributed by atoms with Crippen molar-refractivity contribution in [2.75, 3.05) is 12.4 Å². The third kappa shape index (κ3) is 3.90. The lowest BCUT2D eigenvalue weighted by Crippen LogP contribution is -2.11. The zero-order chi connectivity index (χ0) is 16.8. The highest BCUT2D eigenvalue weighted by atomic mass is 16.5. The molecule has 1 heterocycles. The SMILES string of the molecule is CCC(CC)c1cc(C(=O)Nc2ccc(OC)c(CO)c2)on1. The summed E-state index contributed by atoms with van der Waals surface area (Å²) >= 11 is 0. The molecule has 6 nitrogen and oxygen atoms in total. The summed E-state index contributed by atoms with van der Waals surface area (Å²) < 4.78 is 10.3. The van der Waals surface area contributed by atoms with Crippen molar-refractivity contribution in [2.24, 2.45) is 0 Å². The number of hydrogen-bond donors (Lipinski definition) is 2. The quantitative estimate of drug-likeness (QED) is 0.818. The second kappa shape index (κ2) is 7.78. The number of carbonyl (C=O) groups is 1. The van der Waals surface area contributed by atoms with Crippen LogP contribution >= 0.6 is 0 Å². The number of hydrogen-bond acceptors (Lipinski definition) is 5. The van der Waals surface area contributed by atoms with Crippen LogP contribution in [0.4, 0.5) is 5.69 Å². The molecule has 0 spiro atoms. The fourth-order valence-electron chi connectivity index (χ4n) is 2.47. The number of amides is 1. The number of ether oxygens (including phenoxy) is 1. The van der Waals surface area contributed by atoms with E-state index in [1.54, 1.807) is 24.3 Å². The van der Waals surface area contributed by atoms with E-state index < -0.39 is 0 Å². The normalized spacial score (nSPS) is 10.8. The van der Waals surface area contributed by atoms with Gasteiger partial charge in [0.05, 0.1) is 19.4 Å². The lowest BCUT2D eigenvalue weighted by molar-refractivity contribution is 0.0987. The summed E-state index contributed by atoms with van der Waals surface area (Å²) in [6.45, 7) is 3.99. The molecule has 2 N–H and O–H groups in total. The summed E-state index contributed by atoms with van der Waals surface area (Å²) in [7, 11) is 1.53. The summed E-state index contributed by atoms with van der Waals surface area (Å²) in [6.07, 6.45) is 1.89. The second-order valence-electron chi connectivity index (χ2n) is 5.27. The number of aliphatic hydroxyl groups is 1. The predicted molar refractivity (Wildman–Crippen MR) is 86.7 cm³/mol. The number of aromatic nitrogens is 1. The van der Waals surface area contributed by atoms with E-state index in [-0.39, 0.29) is 18.3 Å². The van der Waals surface area contributed by atoms with Gasteiger partial charge < -0.3 is 19.7 Å². The molecule has 0 bridgehead atoms. The van der Waals surface area contributed by atoms with Crippen molar-refractivity contribution in [3.63, 3.8) is 0 Å². The molecule has 1 aromatic carbocycles. The molecule has 0 radical (unpaired) electrons. The largest absolute Gasteiger partial charge is 0.496 e. The molecule has 1 amide bonds. The van der Waals surface area contributed by atoms with E-state index in [9.17, 15) is 9.90 Å². The molecule has 0 aliphatic rings. The topological polar surface area (TPSA) is 84.6 Å². The maximum Gasteiger partial charge on any atom is 0.294 e. The van der Waals surface area contributed by atoms with Gasteiger partial charge in [-0.1, -0.05) is 19.0 Å². The fraction of sp³-hybridized carbons (Fsp3) is 0.412. The number of rotatable bonds is 7. The number of benzene rings is 1. The number of carbonyl (C=O) groups excluding carboxylic acids is 1. The predicted octanol–water partition coefficient (Wildman–Crippen LogP) is 3.33. The Bertz CT molecular complexity index is 662. The molecule has 2 aromatic rings. The van der Waals surface area contributed by atoms with Gasteiger partial charge in [-0.2, -0.15) is 0 Å². The monoisotopic (exact) mass is 318 g/mol. The van der Waals surface area contributed by atoms with Gasteiger partial charge in [-0.05, 0) is 31.0 Å². The van der Waals surface area contributed by atoms with Gasteiger partial charge in [-0.3, -0.25) is 4.79 Å². The fourth-order valence-corrected chi connectivity index (χ4v) is 2.47. The summed E-state index contributed by atoms with van der Waals surface area (Å²) in [6, 6.07) is 6.74. The number of anilines is 1. The highest BCUT2D eigenvalue weighted by Gasteiger charge is 2.18. The van der Waals surface area contributed by atoms with Crippen LogP contribution in [-0.2, 0) is 6.61 Å². The van der Waals surface area contributed by atoms with Gasteiger partial charge in [0.1, 0.15) is 5.75 Å². The van der Waals surface area contributed by atoms with Gasteiger partial charge in [0, 0.05) is 23.2 Å². The minimum absolute atomic E-state index is 0.173. The summed E-state index contributed by atoms with van der Waals surface area (Å²) in [5, 5.41) is 16.0. The first-order valence-electron chi connectivity index (χ1n) is 7.68. The molecule has 1 aromatic heterocycles. The van der Waals surface area contributed by atoms with Crippen LogP contribution < -0.4 is 10.1 Å². The van der Waals surface area contributed by atoms with E-state index in [1.165, 1.54) is 7.11 Å². The summed E-state index contributed by atoms with van der Waals surface area (Å²) in [5.41, 5.74) is 1.95. The van der Waals surface area contributed by atoms with Gasteiger partial charge >= 0.3 is 0 Å². The van der Waals surface area contributed by atoms with Gasteiger partial charge in [-0.15, -0.1) is 0 Å². The molecular weight excluding hydrogens is 296 g/mol. The van der Waals surface area contributed by atoms with E-state index in [4.69, 9.17) is 9.26 Å². The van der Waals surface area contributed by atoms with E-state index in [0.717, 1.165) is 18.5 Å². The van der Waals surface area contributed by atoms with Crippen LogP contribution in [0.25, 0.3) is 0 Å². The molecule has 6 heteroatoms. The first kappa shape index (κ1) is 17.0. The summed E-state index contributed by atoms with van der Waals surface area (Å²) in [4.78, 5) is 12.2. The Balaban J connectivity index is 2.13. The third-order valence-electron chi connectivity index (χ3n) is 3.86. The molecule has 2 rings (SSSR count). The Kier molecular flexibility index (Phi) is 5.76. The smallest absolute Gasteiger partial charge is 0.294 e. The van der Waals surface area contributed by atoms with E-state index in [1.807, 2.05) is 0 Å². The second-order valence-corrected chi connectivity index (χ2v) is 5.27. The Hall–Kier alpha value is -2.34. The van der Waals surface area contributed by atoms with Crippen molar-refractivity contribution < 1.29 is 19.2 Å². The van der Waals surface area contributed by atoms with Gasteiger partial charge in [0.15, 0.2) is 0 Å². The lowest BCUT2D eigenvalue weighted by Gasteiger charge is -2.09. The Morgan fingerprint density at radius 2 is 2.09 bits per heavy atom. The van der Waals surface area contributed by atoms with Crippen molar-refractivity contribution in [1.82, 2.24) is 5.16 Å². The van der Waals surface area contributed by atoms with Crippen LogP contribution in [0.3, 0.4) is 0 Å². The van der Waals surface area contributed by atoms with Crippen LogP contribution in [0.2, 0.25) is 0 Å². The molecule has 0 aliphatic heterocycles. The Labute approximate surface area is 135 Å². The van der Waals surface area contributed by atoms with Crippen molar-refractivity contribution in [3.05, 3.63) is 41.3 Å². The van der Waals surface area contributed by atoms with E-state index in [0.29, 0.717) is 22.9 Å². The van der Waals surface area contributed by atoms with Crippen molar-refractivity contribution in [1.29, 1.82) is 0 Å². The molecule has 0 saturated carbocycles. The van der Waals surface area contributed by atoms with E-state index in [2.05, 4.69) is 24.3 Å². The maximum atomic E-state index is 12.2. The highest BCUT2D eigenvalue weighted by Crippen LogP contribution is 2.25. The van der Waals surface area contributed by atoms with Gasteiger partial charge in [0.2, 0.25) is 5.76 Å². The molecule has 23 heavy (non-hydrogen) atoms. The Morgan fingerprint density at radius 3 is 2.70 bits per heavy atom. The van der Waals surface area contributed by atoms with Crippen molar-refractivity contribution in [2.45, 2.75) is 39.2 Å². The first-order valence-corrected chi connectivity index (χ1v) is 7.68. The van der Waals surface area contributed by atoms with Gasteiger partial charge in [0.25, 0.3) is 5.91 Å². The Morgan fingerprint density at radius 1 is 1.35 bits per heavy atom. The highest BCUT2D eigenvalue weighted by molar-refractivity contribution is 6.02. The minimum Gasteiger partial charge on any atom is -0.496 e. The maximum absolute atomic E-state index is 12.2. The van der Waals surface area contributed by atoms with Crippen LogP contribution in [0.5, 0.6) is 5.75 Å². The molecule has 0 fully saturated rings. The third-order valence-corrected chi connectivity index (χ3v) is 3.86. The lowest BCUT2D eigenvalue weighted by atomic mass is 9.99. The molecule has 0 aliphatic carbocycles. The van der Waals surface area contributed by atoms with Crippen molar-refractivity contribution >= 4 is 11.6 Å². The number of nitrogens with one attached hydrogen (secondary N) is 1. The van der Waals surface area contributed by atoms with Crippen LogP contribution in [0, 0.1) is 0 Å². The number of aliphatic hydroxyl groups excluding tert-OH is 1. The molecule has 0 saturated heterocycles. The zero-order valence-corrected chi connectivity index (χ0v) is 13.6. The van der Waals surface area contributed by atoms with E-state index >= 15 is 0 Å². The molecule has 124 valence electrons. The molecule has 0 unspecified atom stereocenters. The van der Waals surface area contributed by atoms with Crippen LogP contribution in [-0.4, -0.2) is 23.3 Å². The van der Waals surface area contributed by atoms with Crippen LogP contribution in [0.15, 0.2) is 28.8 Å². The summed E-state index contributed by atoms with van der Waals surface area (Å²) in [5.74, 6) is 0.667. The average molecular weight is 318 g/mol. The zero-order valence-electron chi connectivity index (χ0n) is 13.6. The average Bonchev–Trinajstić information content (AvgIpc) is 3.06. The number of methoxy groups -OCH3 is 1. The van der Waals surface area contributed by atoms with Crippen molar-refractivity contribution in [3.8, 4) is 5.75 Å². The molecule has 0 atom stereocenters. The van der Waals surface area contributed by atoms with Crippen LogP contribution in [0.1, 0.15) is 54.4 Å². The molecular formula is C17H22N2O4. The standard InChI is InChI=1S/C17H22N2O4/c1-4-11(5-2)14-9-16(23-19-14)17(21)18-13-6-7-15(22-3)12(8-13)10-20/h6-9,11,20H,4-5,10H2,1-3H3,(H,18,21). The first-order chi connectivity index (χ1) is 11.1. The number of nitrogens with zero attached hydrogens (tertiary/aromatic N) is 1. The van der Waals surface area contributed by atoms with Gasteiger partial charge in [-0.25, -0.2) is 0 Å². The minimum atomic E-state index is -0.372.